The van der Waals surface area contributed by atoms with E-state index in [2.05, 4.69) is 0 Å². The number of hydrogen-bond acceptors (Lipinski definition) is 4. The fourth-order valence-electron chi connectivity index (χ4n) is 2.94. The zero-order valence-corrected chi connectivity index (χ0v) is 15.0. The summed E-state index contributed by atoms with van der Waals surface area (Å²) < 4.78 is 23.3. The smallest absolute Gasteiger partial charge is 0.242 e. The predicted molar refractivity (Wildman–Crippen MR) is 92.0 cm³/mol. The number of carbonyl (C=O) groups excluding carboxylic acids is 2. The molecule has 24 heavy (non-hydrogen) atoms. The van der Waals surface area contributed by atoms with Crippen molar-refractivity contribution >= 4 is 21.7 Å². The van der Waals surface area contributed by atoms with Gasteiger partial charge in [-0.05, 0) is 18.9 Å². The van der Waals surface area contributed by atoms with E-state index in [1.165, 1.54) is 11.8 Å². The van der Waals surface area contributed by atoms with Crippen molar-refractivity contribution < 1.29 is 18.0 Å². The van der Waals surface area contributed by atoms with Gasteiger partial charge in [-0.25, -0.2) is 8.42 Å². The third-order valence-electron chi connectivity index (χ3n) is 4.31. The van der Waals surface area contributed by atoms with Crippen LogP contribution in [0.3, 0.4) is 0 Å². The molecule has 0 spiro atoms. The highest BCUT2D eigenvalue weighted by atomic mass is 32.2. The highest BCUT2D eigenvalue weighted by Gasteiger charge is 2.34. The molecule has 0 N–H and O–H groups in total. The minimum Gasteiger partial charge on any atom is -0.337 e. The van der Waals surface area contributed by atoms with Gasteiger partial charge in [0.1, 0.15) is 6.54 Å². The van der Waals surface area contributed by atoms with E-state index in [0.717, 1.165) is 5.56 Å². The van der Waals surface area contributed by atoms with E-state index in [-0.39, 0.29) is 29.9 Å². The molecule has 0 aliphatic carbocycles. The number of rotatable bonds is 6. The Morgan fingerprint density at radius 3 is 2.38 bits per heavy atom. The van der Waals surface area contributed by atoms with Crippen molar-refractivity contribution in [3.8, 4) is 0 Å². The lowest BCUT2D eigenvalue weighted by molar-refractivity contribution is -0.141. The maximum Gasteiger partial charge on any atom is 0.242 e. The summed E-state index contributed by atoms with van der Waals surface area (Å²) in [6, 6.07) is 9.24. The van der Waals surface area contributed by atoms with Crippen LogP contribution >= 0.6 is 0 Å². The van der Waals surface area contributed by atoms with E-state index in [9.17, 15) is 18.0 Å². The molecule has 1 saturated heterocycles. The first-order chi connectivity index (χ1) is 11.3. The molecule has 2 rings (SSSR count). The number of nitrogens with zero attached hydrogens (tertiary/aromatic N) is 2. The first-order valence-corrected chi connectivity index (χ1v) is 9.94. The topological polar surface area (TPSA) is 74.8 Å². The summed E-state index contributed by atoms with van der Waals surface area (Å²) in [5, 5.41) is 0. The zero-order valence-electron chi connectivity index (χ0n) is 14.1. The summed E-state index contributed by atoms with van der Waals surface area (Å²) in [4.78, 5) is 27.6. The average molecular weight is 352 g/mol. The molecule has 7 heteroatoms. The van der Waals surface area contributed by atoms with Gasteiger partial charge in [0.15, 0.2) is 9.84 Å². The second-order valence-electron chi connectivity index (χ2n) is 6.10. The maximum absolute atomic E-state index is 12.6. The van der Waals surface area contributed by atoms with Crippen molar-refractivity contribution in [1.82, 2.24) is 9.80 Å². The minimum absolute atomic E-state index is 0.0509. The molecule has 0 radical (unpaired) electrons. The molecule has 1 aliphatic heterocycles. The van der Waals surface area contributed by atoms with Crippen molar-refractivity contribution in [2.75, 3.05) is 24.6 Å². The van der Waals surface area contributed by atoms with Crippen LogP contribution in [0.5, 0.6) is 0 Å². The van der Waals surface area contributed by atoms with Crippen molar-refractivity contribution in [3.05, 3.63) is 35.9 Å². The van der Waals surface area contributed by atoms with E-state index in [0.29, 0.717) is 19.5 Å². The quantitative estimate of drug-likeness (QED) is 0.767. The standard InChI is InChI=1S/C17H24N2O4S/c1-3-18(11-15-7-5-4-6-8-15)17(21)12-19(14(2)20)16-9-10-24(22,23)13-16/h4-8,16H,3,9-13H2,1-2H3. The van der Waals surface area contributed by atoms with Gasteiger partial charge in [-0.1, -0.05) is 30.3 Å². The lowest BCUT2D eigenvalue weighted by Gasteiger charge is -2.29. The number of likely N-dealkylation sites (N-methyl/N-ethyl adjacent to an activating group) is 1. The number of carbonyl (C=O) groups is 2. The molecule has 1 aromatic carbocycles. The Morgan fingerprint density at radius 1 is 1.21 bits per heavy atom. The van der Waals surface area contributed by atoms with Gasteiger partial charge in [-0.15, -0.1) is 0 Å². The molecule has 6 nitrogen and oxygen atoms in total. The Hall–Kier alpha value is -1.89. The summed E-state index contributed by atoms with van der Waals surface area (Å²) in [7, 11) is -3.10. The molecule has 0 bridgehead atoms. The van der Waals surface area contributed by atoms with Crippen LogP contribution in [0.1, 0.15) is 25.8 Å². The fourth-order valence-corrected chi connectivity index (χ4v) is 4.68. The van der Waals surface area contributed by atoms with Crippen LogP contribution in [0.25, 0.3) is 0 Å². The fraction of sp³-hybridized carbons (Fsp3) is 0.529. The first kappa shape index (κ1) is 18.4. The van der Waals surface area contributed by atoms with Crippen molar-refractivity contribution in [1.29, 1.82) is 0 Å². The monoisotopic (exact) mass is 352 g/mol. The second kappa shape index (κ2) is 7.79. The normalized spacial score (nSPS) is 19.0. The van der Waals surface area contributed by atoms with E-state index in [1.807, 2.05) is 37.3 Å². The molecule has 2 amide bonds. The lowest BCUT2D eigenvalue weighted by atomic mass is 10.2. The lowest BCUT2D eigenvalue weighted by Crippen LogP contribution is -2.47. The van der Waals surface area contributed by atoms with Crippen LogP contribution in [0.4, 0.5) is 0 Å². The van der Waals surface area contributed by atoms with Gasteiger partial charge in [0.2, 0.25) is 11.8 Å². The third kappa shape index (κ3) is 4.80. The molecular formula is C17H24N2O4S. The number of amides is 2. The van der Waals surface area contributed by atoms with Crippen LogP contribution in [0.15, 0.2) is 30.3 Å². The van der Waals surface area contributed by atoms with Crippen molar-refractivity contribution in [3.63, 3.8) is 0 Å². The Morgan fingerprint density at radius 2 is 1.88 bits per heavy atom. The molecule has 1 atom stereocenters. The van der Waals surface area contributed by atoms with Gasteiger partial charge in [0, 0.05) is 26.1 Å². The maximum atomic E-state index is 12.6. The van der Waals surface area contributed by atoms with Gasteiger partial charge < -0.3 is 9.80 Å². The van der Waals surface area contributed by atoms with Crippen LogP contribution < -0.4 is 0 Å². The average Bonchev–Trinajstić information content (AvgIpc) is 2.90. The highest BCUT2D eigenvalue weighted by molar-refractivity contribution is 7.91. The number of sulfone groups is 1. The largest absolute Gasteiger partial charge is 0.337 e. The minimum atomic E-state index is -3.10. The molecule has 1 fully saturated rings. The first-order valence-electron chi connectivity index (χ1n) is 8.11. The number of benzene rings is 1. The van der Waals surface area contributed by atoms with Crippen LogP contribution in [-0.2, 0) is 26.0 Å². The second-order valence-corrected chi connectivity index (χ2v) is 8.33. The molecular weight excluding hydrogens is 328 g/mol. The Kier molecular flexibility index (Phi) is 5.99. The van der Waals surface area contributed by atoms with Crippen molar-refractivity contribution in [2.45, 2.75) is 32.9 Å². The molecule has 1 aromatic rings. The summed E-state index contributed by atoms with van der Waals surface area (Å²) in [6.45, 7) is 4.20. The zero-order chi connectivity index (χ0) is 17.7. The molecule has 1 unspecified atom stereocenters. The summed E-state index contributed by atoms with van der Waals surface area (Å²) in [5.74, 6) is -0.399. The Balaban J connectivity index is 2.05. The Bertz CT molecular complexity index is 688. The predicted octanol–water partition coefficient (Wildman–Crippen LogP) is 1.07. The third-order valence-corrected chi connectivity index (χ3v) is 6.06. The summed E-state index contributed by atoms with van der Waals surface area (Å²) in [5.41, 5.74) is 1.02. The summed E-state index contributed by atoms with van der Waals surface area (Å²) in [6.07, 6.45) is 0.403. The SMILES string of the molecule is CCN(Cc1ccccc1)C(=O)CN(C(C)=O)C1CCS(=O)(=O)C1. The molecule has 1 heterocycles. The molecule has 132 valence electrons. The van der Waals surface area contributed by atoms with Crippen molar-refractivity contribution in [2.24, 2.45) is 0 Å². The van der Waals surface area contributed by atoms with Gasteiger partial charge in [0.05, 0.1) is 11.5 Å². The van der Waals surface area contributed by atoms with Crippen LogP contribution in [0.2, 0.25) is 0 Å². The number of hydrogen-bond donors (Lipinski definition) is 0. The molecule has 0 saturated carbocycles. The Labute approximate surface area is 143 Å². The van der Waals surface area contributed by atoms with Gasteiger partial charge >= 0.3 is 0 Å². The highest BCUT2D eigenvalue weighted by Crippen LogP contribution is 2.18. The van der Waals surface area contributed by atoms with Gasteiger partial charge in [0.25, 0.3) is 0 Å². The van der Waals surface area contributed by atoms with Crippen LogP contribution in [0, 0.1) is 0 Å². The molecule has 0 aromatic heterocycles. The van der Waals surface area contributed by atoms with E-state index in [4.69, 9.17) is 0 Å². The van der Waals surface area contributed by atoms with Gasteiger partial charge in [-0.2, -0.15) is 0 Å². The molecule has 1 aliphatic rings. The van der Waals surface area contributed by atoms with E-state index < -0.39 is 15.9 Å². The van der Waals surface area contributed by atoms with E-state index in [1.54, 1.807) is 4.90 Å². The summed E-state index contributed by atoms with van der Waals surface area (Å²) >= 11 is 0. The van der Waals surface area contributed by atoms with E-state index >= 15 is 0 Å². The van der Waals surface area contributed by atoms with Crippen LogP contribution in [-0.4, -0.2) is 60.7 Å². The van der Waals surface area contributed by atoms with Gasteiger partial charge in [-0.3, -0.25) is 9.59 Å².